The second-order valence-electron chi connectivity index (χ2n) is 5.30. The van der Waals surface area contributed by atoms with E-state index in [9.17, 15) is 18.0 Å². The van der Waals surface area contributed by atoms with Crippen molar-refractivity contribution in [2.45, 2.75) is 44.8 Å². The Morgan fingerprint density at radius 2 is 2.10 bits per heavy atom. The van der Waals surface area contributed by atoms with Gasteiger partial charge in [-0.15, -0.1) is 0 Å². The lowest BCUT2D eigenvalue weighted by molar-refractivity contribution is -0.128. The van der Waals surface area contributed by atoms with Crippen LogP contribution in [-0.4, -0.2) is 55.7 Å². The van der Waals surface area contributed by atoms with Crippen LogP contribution in [0.15, 0.2) is 0 Å². The van der Waals surface area contributed by atoms with E-state index in [0.717, 1.165) is 19.5 Å². The molecule has 0 radical (unpaired) electrons. The molecule has 0 aromatic heterocycles. The molecule has 1 atom stereocenters. The molecule has 1 aliphatic heterocycles. The van der Waals surface area contributed by atoms with Gasteiger partial charge < -0.3 is 15.5 Å². The molecular weight excluding hydrogens is 271 g/mol. The van der Waals surface area contributed by atoms with Crippen molar-refractivity contribution in [1.82, 2.24) is 15.5 Å². The average molecular weight is 295 g/mol. The van der Waals surface area contributed by atoms with E-state index in [1.54, 1.807) is 0 Å². The van der Waals surface area contributed by atoms with Crippen LogP contribution in [0.3, 0.4) is 0 Å². The second-order valence-corrected chi connectivity index (χ2v) is 5.30. The predicted molar refractivity (Wildman–Crippen MR) is 71.4 cm³/mol. The maximum atomic E-state index is 11.9. The van der Waals surface area contributed by atoms with Gasteiger partial charge in [-0.05, 0) is 32.7 Å². The molecule has 0 aromatic rings. The van der Waals surface area contributed by atoms with Crippen LogP contribution in [0, 0.1) is 0 Å². The van der Waals surface area contributed by atoms with Crippen molar-refractivity contribution in [1.29, 1.82) is 0 Å². The number of piperidine rings is 1. The summed E-state index contributed by atoms with van der Waals surface area (Å²) in [4.78, 5) is 13.7. The van der Waals surface area contributed by atoms with Crippen LogP contribution in [0.5, 0.6) is 0 Å². The van der Waals surface area contributed by atoms with Crippen molar-refractivity contribution in [3.63, 3.8) is 0 Å². The number of nitrogens with zero attached hydrogens (tertiary/aromatic N) is 1. The van der Waals surface area contributed by atoms with Crippen LogP contribution >= 0.6 is 0 Å². The first-order valence-corrected chi connectivity index (χ1v) is 7.17. The molecule has 4 nitrogen and oxygen atoms in total. The molecule has 118 valence electrons. The Balaban J connectivity index is 2.01. The fourth-order valence-corrected chi connectivity index (χ4v) is 2.38. The zero-order valence-corrected chi connectivity index (χ0v) is 11.9. The maximum Gasteiger partial charge on any atom is 0.401 e. The SMILES string of the molecule is CC1CCCCN1CCCNC(=O)CNCC(F)(F)F. The van der Waals surface area contributed by atoms with Gasteiger partial charge in [0.25, 0.3) is 0 Å². The third-order valence-electron chi connectivity index (χ3n) is 3.50. The number of hydrogen-bond donors (Lipinski definition) is 2. The molecule has 0 bridgehead atoms. The normalized spacial score (nSPS) is 20.9. The van der Waals surface area contributed by atoms with Crippen molar-refractivity contribution in [2.75, 3.05) is 32.7 Å². The molecule has 1 fully saturated rings. The van der Waals surface area contributed by atoms with Gasteiger partial charge in [-0.25, -0.2) is 0 Å². The van der Waals surface area contributed by atoms with Crippen LogP contribution in [0.2, 0.25) is 0 Å². The Labute approximate surface area is 118 Å². The van der Waals surface area contributed by atoms with E-state index in [4.69, 9.17) is 0 Å². The van der Waals surface area contributed by atoms with Crippen molar-refractivity contribution in [2.24, 2.45) is 0 Å². The molecule has 2 N–H and O–H groups in total. The molecule has 1 heterocycles. The minimum atomic E-state index is -4.27. The molecule has 1 aliphatic rings. The standard InChI is InChI=1S/C13H24F3N3O/c1-11-5-2-3-7-19(11)8-4-6-18-12(20)9-17-10-13(14,15)16/h11,17H,2-10H2,1H3,(H,18,20). The zero-order valence-electron chi connectivity index (χ0n) is 11.9. The van der Waals surface area contributed by atoms with Crippen LogP contribution in [0.25, 0.3) is 0 Å². The third-order valence-corrected chi connectivity index (χ3v) is 3.50. The van der Waals surface area contributed by atoms with E-state index in [1.165, 1.54) is 19.3 Å². The highest BCUT2D eigenvalue weighted by molar-refractivity contribution is 5.77. The van der Waals surface area contributed by atoms with Crippen molar-refractivity contribution >= 4 is 5.91 Å². The van der Waals surface area contributed by atoms with Crippen LogP contribution < -0.4 is 10.6 Å². The van der Waals surface area contributed by atoms with E-state index >= 15 is 0 Å². The molecule has 0 spiro atoms. The van der Waals surface area contributed by atoms with Crippen molar-refractivity contribution in [3.05, 3.63) is 0 Å². The maximum absolute atomic E-state index is 11.9. The smallest absolute Gasteiger partial charge is 0.355 e. The molecule has 1 rings (SSSR count). The molecule has 0 aliphatic carbocycles. The van der Waals surface area contributed by atoms with E-state index in [2.05, 4.69) is 22.5 Å². The quantitative estimate of drug-likeness (QED) is 0.700. The molecule has 20 heavy (non-hydrogen) atoms. The highest BCUT2D eigenvalue weighted by Gasteiger charge is 2.26. The number of carbonyl (C=O) groups excluding carboxylic acids is 1. The Morgan fingerprint density at radius 1 is 1.35 bits per heavy atom. The first-order chi connectivity index (χ1) is 9.38. The van der Waals surface area contributed by atoms with Crippen molar-refractivity contribution in [3.8, 4) is 0 Å². The van der Waals surface area contributed by atoms with Gasteiger partial charge in [0.15, 0.2) is 0 Å². The van der Waals surface area contributed by atoms with Gasteiger partial charge >= 0.3 is 6.18 Å². The summed E-state index contributed by atoms with van der Waals surface area (Å²) in [6.45, 7) is 3.32. The number of halogens is 3. The van der Waals surface area contributed by atoms with Gasteiger partial charge in [0.1, 0.15) is 0 Å². The van der Waals surface area contributed by atoms with Gasteiger partial charge in [-0.3, -0.25) is 4.79 Å². The number of nitrogens with one attached hydrogen (secondary N) is 2. The molecule has 0 aromatic carbocycles. The van der Waals surface area contributed by atoms with E-state index < -0.39 is 12.7 Å². The van der Waals surface area contributed by atoms with Crippen LogP contribution in [0.1, 0.15) is 32.6 Å². The summed E-state index contributed by atoms with van der Waals surface area (Å²) in [5, 5.41) is 4.70. The van der Waals surface area contributed by atoms with Gasteiger partial charge in [0.05, 0.1) is 13.1 Å². The first-order valence-electron chi connectivity index (χ1n) is 7.17. The minimum absolute atomic E-state index is 0.292. The number of carbonyl (C=O) groups is 1. The summed E-state index contributed by atoms with van der Waals surface area (Å²) in [7, 11) is 0. The number of alkyl halides is 3. The van der Waals surface area contributed by atoms with E-state index in [-0.39, 0.29) is 12.5 Å². The third kappa shape index (κ3) is 7.69. The van der Waals surface area contributed by atoms with Crippen LogP contribution in [0.4, 0.5) is 13.2 Å². The Kier molecular flexibility index (Phi) is 7.29. The molecule has 0 saturated carbocycles. The molecule has 1 saturated heterocycles. The second kappa shape index (κ2) is 8.46. The number of amides is 1. The topological polar surface area (TPSA) is 44.4 Å². The van der Waals surface area contributed by atoms with E-state index in [1.807, 2.05) is 0 Å². The lowest BCUT2D eigenvalue weighted by atomic mass is 10.0. The van der Waals surface area contributed by atoms with Gasteiger partial charge in [-0.2, -0.15) is 13.2 Å². The van der Waals surface area contributed by atoms with Gasteiger partial charge in [-0.1, -0.05) is 6.42 Å². The summed E-state index contributed by atoms with van der Waals surface area (Å²) >= 11 is 0. The zero-order chi connectivity index (χ0) is 15.0. The largest absolute Gasteiger partial charge is 0.401 e. The lowest BCUT2D eigenvalue weighted by Crippen LogP contribution is -2.41. The summed E-state index contributed by atoms with van der Waals surface area (Å²) in [5.74, 6) is -0.388. The molecular formula is C13H24F3N3O. The fraction of sp³-hybridized carbons (Fsp3) is 0.923. The van der Waals surface area contributed by atoms with Gasteiger partial charge in [0, 0.05) is 19.1 Å². The Morgan fingerprint density at radius 3 is 2.75 bits per heavy atom. The fourth-order valence-electron chi connectivity index (χ4n) is 2.38. The summed E-state index contributed by atoms with van der Waals surface area (Å²) in [5.41, 5.74) is 0. The number of likely N-dealkylation sites (tertiary alicyclic amines) is 1. The van der Waals surface area contributed by atoms with Crippen molar-refractivity contribution < 1.29 is 18.0 Å². The molecule has 1 amide bonds. The Hall–Kier alpha value is -0.820. The minimum Gasteiger partial charge on any atom is -0.355 e. The summed E-state index contributed by atoms with van der Waals surface area (Å²) in [6.07, 6.45) is 0.269. The highest BCUT2D eigenvalue weighted by Crippen LogP contribution is 2.16. The highest BCUT2D eigenvalue weighted by atomic mass is 19.4. The predicted octanol–water partition coefficient (Wildman–Crippen LogP) is 1.52. The van der Waals surface area contributed by atoms with Crippen LogP contribution in [-0.2, 0) is 4.79 Å². The lowest BCUT2D eigenvalue weighted by Gasteiger charge is -2.33. The molecule has 7 heteroatoms. The van der Waals surface area contributed by atoms with E-state index in [0.29, 0.717) is 12.6 Å². The number of rotatable bonds is 7. The first kappa shape index (κ1) is 17.2. The number of hydrogen-bond acceptors (Lipinski definition) is 3. The Bertz CT molecular complexity index is 297. The summed E-state index contributed by atoms with van der Waals surface area (Å²) in [6, 6.07) is 0.591. The average Bonchev–Trinajstić information content (AvgIpc) is 2.35. The van der Waals surface area contributed by atoms with Gasteiger partial charge in [0.2, 0.25) is 5.91 Å². The molecule has 1 unspecified atom stereocenters. The summed E-state index contributed by atoms with van der Waals surface area (Å²) < 4.78 is 35.6. The monoisotopic (exact) mass is 295 g/mol.